The monoisotopic (exact) mass is 384 g/mol. The SMILES string of the molecule is O=C(Nc1ccc(F)c(F)c1F)N1CCC[C@H]1Cc1cccc2ccccc12. The zero-order chi connectivity index (χ0) is 19.7. The second-order valence-corrected chi connectivity index (χ2v) is 6.98. The Morgan fingerprint density at radius 1 is 1.00 bits per heavy atom. The minimum absolute atomic E-state index is 0.0424. The van der Waals surface area contributed by atoms with Crippen LogP contribution in [-0.2, 0) is 6.42 Å². The number of anilines is 1. The van der Waals surface area contributed by atoms with E-state index in [1.54, 1.807) is 4.90 Å². The van der Waals surface area contributed by atoms with Crippen molar-refractivity contribution in [3.05, 3.63) is 77.6 Å². The van der Waals surface area contributed by atoms with Crippen LogP contribution in [0, 0.1) is 17.5 Å². The van der Waals surface area contributed by atoms with Gasteiger partial charge in [-0.25, -0.2) is 18.0 Å². The van der Waals surface area contributed by atoms with E-state index in [1.807, 2.05) is 36.4 Å². The van der Waals surface area contributed by atoms with Crippen molar-refractivity contribution in [2.24, 2.45) is 0 Å². The molecule has 3 aromatic rings. The zero-order valence-corrected chi connectivity index (χ0v) is 15.1. The quantitative estimate of drug-likeness (QED) is 0.595. The van der Waals surface area contributed by atoms with Gasteiger partial charge in [0.05, 0.1) is 5.69 Å². The molecule has 1 heterocycles. The van der Waals surface area contributed by atoms with Gasteiger partial charge in [-0.05, 0) is 47.7 Å². The first-order valence-electron chi connectivity index (χ1n) is 9.22. The number of hydrogen-bond acceptors (Lipinski definition) is 1. The van der Waals surface area contributed by atoms with Crippen LogP contribution in [0.3, 0.4) is 0 Å². The maximum atomic E-state index is 13.9. The van der Waals surface area contributed by atoms with Gasteiger partial charge in [-0.3, -0.25) is 0 Å². The lowest BCUT2D eigenvalue weighted by Gasteiger charge is -2.25. The minimum atomic E-state index is -1.59. The Balaban J connectivity index is 1.53. The summed E-state index contributed by atoms with van der Waals surface area (Å²) in [5, 5.41) is 4.66. The summed E-state index contributed by atoms with van der Waals surface area (Å²) in [5.74, 6) is -4.27. The van der Waals surface area contributed by atoms with Gasteiger partial charge in [0.2, 0.25) is 0 Å². The summed E-state index contributed by atoms with van der Waals surface area (Å²) in [5.41, 5.74) is 0.779. The van der Waals surface area contributed by atoms with Crippen molar-refractivity contribution >= 4 is 22.5 Å². The number of nitrogens with zero attached hydrogens (tertiary/aromatic N) is 1. The fourth-order valence-corrected chi connectivity index (χ4v) is 3.85. The maximum Gasteiger partial charge on any atom is 0.322 e. The van der Waals surface area contributed by atoms with Gasteiger partial charge in [-0.2, -0.15) is 0 Å². The van der Waals surface area contributed by atoms with Gasteiger partial charge in [-0.1, -0.05) is 42.5 Å². The normalized spacial score (nSPS) is 16.5. The number of carbonyl (C=O) groups is 1. The molecule has 1 saturated heterocycles. The Kier molecular flexibility index (Phi) is 4.94. The van der Waals surface area contributed by atoms with Crippen LogP contribution in [0.2, 0.25) is 0 Å². The van der Waals surface area contributed by atoms with Crippen LogP contribution in [0.5, 0.6) is 0 Å². The molecule has 4 rings (SSSR count). The van der Waals surface area contributed by atoms with Crippen molar-refractivity contribution in [2.75, 3.05) is 11.9 Å². The number of urea groups is 1. The molecule has 0 unspecified atom stereocenters. The Morgan fingerprint density at radius 2 is 1.79 bits per heavy atom. The third-order valence-electron chi connectivity index (χ3n) is 5.25. The van der Waals surface area contributed by atoms with Crippen LogP contribution in [0.4, 0.5) is 23.7 Å². The van der Waals surface area contributed by atoms with Crippen LogP contribution in [-0.4, -0.2) is 23.5 Å². The highest BCUT2D eigenvalue weighted by Crippen LogP contribution is 2.27. The Labute approximate surface area is 160 Å². The van der Waals surface area contributed by atoms with Crippen molar-refractivity contribution in [2.45, 2.75) is 25.3 Å². The number of rotatable bonds is 3. The first kappa shape index (κ1) is 18.3. The fourth-order valence-electron chi connectivity index (χ4n) is 3.85. The van der Waals surface area contributed by atoms with E-state index >= 15 is 0 Å². The molecule has 6 heteroatoms. The molecule has 2 amide bonds. The van der Waals surface area contributed by atoms with Crippen LogP contribution in [0.15, 0.2) is 54.6 Å². The Morgan fingerprint density at radius 3 is 2.64 bits per heavy atom. The number of carbonyl (C=O) groups excluding carboxylic acids is 1. The predicted molar refractivity (Wildman–Crippen MR) is 103 cm³/mol. The summed E-state index contributed by atoms with van der Waals surface area (Å²) in [4.78, 5) is 14.3. The second kappa shape index (κ2) is 7.54. The topological polar surface area (TPSA) is 32.3 Å². The summed E-state index contributed by atoms with van der Waals surface area (Å²) in [7, 11) is 0. The largest absolute Gasteiger partial charge is 0.322 e. The molecule has 144 valence electrons. The number of hydrogen-bond donors (Lipinski definition) is 1. The summed E-state index contributed by atoms with van der Waals surface area (Å²) in [6, 6.07) is 15.4. The van der Waals surface area contributed by atoms with Gasteiger partial charge >= 0.3 is 6.03 Å². The summed E-state index contributed by atoms with van der Waals surface area (Å²) < 4.78 is 40.4. The lowest BCUT2D eigenvalue weighted by molar-refractivity contribution is 0.206. The number of likely N-dealkylation sites (tertiary alicyclic amines) is 1. The average molecular weight is 384 g/mol. The molecule has 0 aliphatic carbocycles. The minimum Gasteiger partial charge on any atom is -0.321 e. The Hall–Kier alpha value is -3.02. The number of amides is 2. The molecule has 0 spiro atoms. The van der Waals surface area contributed by atoms with Crippen molar-refractivity contribution in [3.8, 4) is 0 Å². The molecular formula is C22H19F3N2O. The van der Waals surface area contributed by atoms with Crippen LogP contribution >= 0.6 is 0 Å². The molecule has 1 N–H and O–H groups in total. The summed E-state index contributed by atoms with van der Waals surface area (Å²) in [6.07, 6.45) is 2.34. The molecule has 28 heavy (non-hydrogen) atoms. The third-order valence-corrected chi connectivity index (χ3v) is 5.25. The molecule has 3 aromatic carbocycles. The van der Waals surface area contributed by atoms with Gasteiger partial charge in [0.15, 0.2) is 17.5 Å². The van der Waals surface area contributed by atoms with E-state index in [9.17, 15) is 18.0 Å². The van der Waals surface area contributed by atoms with Gasteiger partial charge < -0.3 is 10.2 Å². The molecular weight excluding hydrogens is 365 g/mol. The smallest absolute Gasteiger partial charge is 0.321 e. The van der Waals surface area contributed by atoms with E-state index in [1.165, 1.54) is 0 Å². The van der Waals surface area contributed by atoms with Gasteiger partial charge in [0, 0.05) is 12.6 Å². The predicted octanol–water partition coefficient (Wildman–Crippen LogP) is 5.50. The van der Waals surface area contributed by atoms with Gasteiger partial charge in [0.1, 0.15) is 0 Å². The van der Waals surface area contributed by atoms with Crippen LogP contribution < -0.4 is 5.32 Å². The molecule has 0 radical (unpaired) electrons. The average Bonchev–Trinajstić information content (AvgIpc) is 3.17. The fraction of sp³-hybridized carbons (Fsp3) is 0.227. The maximum absolute atomic E-state index is 13.9. The van der Waals surface area contributed by atoms with Crippen molar-refractivity contribution < 1.29 is 18.0 Å². The lowest BCUT2D eigenvalue weighted by Crippen LogP contribution is -2.40. The van der Waals surface area contributed by atoms with E-state index < -0.39 is 23.5 Å². The number of halogens is 3. The van der Waals surface area contributed by atoms with E-state index in [2.05, 4.69) is 11.4 Å². The molecule has 0 bridgehead atoms. The lowest BCUT2D eigenvalue weighted by atomic mass is 9.98. The number of fused-ring (bicyclic) bond motifs is 1. The van der Waals surface area contributed by atoms with Gasteiger partial charge in [-0.15, -0.1) is 0 Å². The highest BCUT2D eigenvalue weighted by Gasteiger charge is 2.30. The molecule has 0 saturated carbocycles. The van der Waals surface area contributed by atoms with E-state index in [-0.39, 0.29) is 11.7 Å². The van der Waals surface area contributed by atoms with E-state index in [4.69, 9.17) is 0 Å². The molecule has 0 aromatic heterocycles. The molecule has 1 atom stereocenters. The first-order chi connectivity index (χ1) is 13.5. The molecule has 3 nitrogen and oxygen atoms in total. The second-order valence-electron chi connectivity index (χ2n) is 6.98. The van der Waals surface area contributed by atoms with Crippen LogP contribution in [0.25, 0.3) is 10.8 Å². The first-order valence-corrected chi connectivity index (χ1v) is 9.22. The summed E-state index contributed by atoms with van der Waals surface area (Å²) in [6.45, 7) is 0.534. The summed E-state index contributed by atoms with van der Waals surface area (Å²) >= 11 is 0. The van der Waals surface area contributed by atoms with Crippen molar-refractivity contribution in [1.82, 2.24) is 4.90 Å². The zero-order valence-electron chi connectivity index (χ0n) is 15.1. The third kappa shape index (κ3) is 3.42. The highest BCUT2D eigenvalue weighted by atomic mass is 19.2. The van der Waals surface area contributed by atoms with Crippen molar-refractivity contribution in [3.63, 3.8) is 0 Å². The van der Waals surface area contributed by atoms with Crippen LogP contribution in [0.1, 0.15) is 18.4 Å². The van der Waals surface area contributed by atoms with E-state index in [0.717, 1.165) is 41.3 Å². The number of benzene rings is 3. The highest BCUT2D eigenvalue weighted by molar-refractivity contribution is 5.90. The number of nitrogens with one attached hydrogen (secondary N) is 1. The molecule has 1 aliphatic rings. The Bertz CT molecular complexity index is 1030. The molecule has 1 aliphatic heterocycles. The van der Waals surface area contributed by atoms with Crippen molar-refractivity contribution in [1.29, 1.82) is 0 Å². The van der Waals surface area contributed by atoms with E-state index in [0.29, 0.717) is 13.0 Å². The standard InChI is InChI=1S/C22H19F3N2O/c23-18-10-11-19(21(25)20(18)24)26-22(28)27-12-4-8-16(27)13-15-7-3-6-14-5-1-2-9-17(14)15/h1-3,5-7,9-11,16H,4,8,12-13H2,(H,26,28)/t16-/m0/s1. The molecule has 1 fully saturated rings. The van der Waals surface area contributed by atoms with Gasteiger partial charge in [0.25, 0.3) is 0 Å².